The van der Waals surface area contributed by atoms with Gasteiger partial charge in [0.05, 0.1) is 11.3 Å². The Morgan fingerprint density at radius 3 is 2.71 bits per heavy atom. The minimum absolute atomic E-state index is 0.584. The fraction of sp³-hybridized carbons (Fsp3) is 0.0833. The van der Waals surface area contributed by atoms with Gasteiger partial charge in [-0.15, -0.1) is 0 Å². The summed E-state index contributed by atoms with van der Waals surface area (Å²) in [6, 6.07) is 11.9. The summed E-state index contributed by atoms with van der Waals surface area (Å²) in [5, 5.41) is 11.0. The lowest BCUT2D eigenvalue weighted by Crippen LogP contribution is -1.95. The van der Waals surface area contributed by atoms with Gasteiger partial charge in [-0.25, -0.2) is 0 Å². The molecule has 0 amide bonds. The van der Waals surface area contributed by atoms with Crippen molar-refractivity contribution in [1.82, 2.24) is 0 Å². The lowest BCUT2D eigenvalue weighted by molar-refractivity contribution is 1.45. The van der Waals surface area contributed by atoms with Crippen LogP contribution < -0.4 is 5.73 Å². The minimum atomic E-state index is 0.584. The Bertz CT molecular complexity index is 536. The van der Waals surface area contributed by atoms with Gasteiger partial charge in [-0.05, 0) is 23.9 Å². The van der Waals surface area contributed by atoms with Crippen molar-refractivity contribution in [2.75, 3.05) is 5.73 Å². The van der Waals surface area contributed by atoms with Crippen LogP contribution in [0.1, 0.15) is 11.1 Å². The molecule has 0 atom stereocenters. The molecule has 0 unspecified atom stereocenters. The molecule has 2 aromatic carbocycles. The molecule has 2 heteroatoms. The van der Waals surface area contributed by atoms with Crippen LogP contribution in [0.15, 0.2) is 30.3 Å². The summed E-state index contributed by atoms with van der Waals surface area (Å²) in [5.74, 6) is 0. The second-order valence-electron chi connectivity index (χ2n) is 3.32. The maximum Gasteiger partial charge on any atom is 0.102 e. The van der Waals surface area contributed by atoms with Crippen molar-refractivity contribution in [2.24, 2.45) is 0 Å². The molecule has 0 saturated carbocycles. The van der Waals surface area contributed by atoms with Gasteiger partial charge in [-0.1, -0.05) is 24.3 Å². The molecular weight excluding hydrogens is 172 g/mol. The highest BCUT2D eigenvalue weighted by Gasteiger charge is 2.06. The van der Waals surface area contributed by atoms with E-state index in [1.165, 1.54) is 0 Å². The van der Waals surface area contributed by atoms with E-state index in [2.05, 4.69) is 6.07 Å². The number of nitriles is 1. The standard InChI is InChI=1S/C12H10N2/c1-8-6-9-4-2-3-5-10(9)11(7-13)12(8)14/h2-6H,14H2,1H3. The topological polar surface area (TPSA) is 49.8 Å². The lowest BCUT2D eigenvalue weighted by atomic mass is 10.00. The third kappa shape index (κ3) is 1.11. The van der Waals surface area contributed by atoms with Crippen molar-refractivity contribution < 1.29 is 0 Å². The van der Waals surface area contributed by atoms with E-state index < -0.39 is 0 Å². The van der Waals surface area contributed by atoms with Crippen molar-refractivity contribution in [3.63, 3.8) is 0 Å². The van der Waals surface area contributed by atoms with E-state index in [9.17, 15) is 0 Å². The van der Waals surface area contributed by atoms with Crippen LogP contribution in [-0.2, 0) is 0 Å². The van der Waals surface area contributed by atoms with Gasteiger partial charge in [-0.3, -0.25) is 0 Å². The molecule has 2 nitrogen and oxygen atoms in total. The summed E-state index contributed by atoms with van der Waals surface area (Å²) in [4.78, 5) is 0. The fourth-order valence-corrected chi connectivity index (χ4v) is 1.62. The smallest absolute Gasteiger partial charge is 0.102 e. The lowest BCUT2D eigenvalue weighted by Gasteiger charge is -2.06. The van der Waals surface area contributed by atoms with Crippen LogP contribution in [0.25, 0.3) is 10.8 Å². The first kappa shape index (κ1) is 8.58. The van der Waals surface area contributed by atoms with E-state index in [1.54, 1.807) is 0 Å². The van der Waals surface area contributed by atoms with E-state index in [4.69, 9.17) is 11.0 Å². The van der Waals surface area contributed by atoms with Crippen molar-refractivity contribution in [1.29, 1.82) is 5.26 Å². The first-order chi connectivity index (χ1) is 6.74. The highest BCUT2D eigenvalue weighted by atomic mass is 14.6. The van der Waals surface area contributed by atoms with Crippen LogP contribution in [0.3, 0.4) is 0 Å². The molecule has 0 aliphatic carbocycles. The zero-order valence-corrected chi connectivity index (χ0v) is 7.91. The quantitative estimate of drug-likeness (QED) is 0.636. The summed E-state index contributed by atoms with van der Waals surface area (Å²) in [6.45, 7) is 1.92. The Morgan fingerprint density at radius 1 is 1.29 bits per heavy atom. The van der Waals surface area contributed by atoms with E-state index >= 15 is 0 Å². The Morgan fingerprint density at radius 2 is 2.00 bits per heavy atom. The Hall–Kier alpha value is -2.01. The summed E-state index contributed by atoms with van der Waals surface area (Å²) in [5.41, 5.74) is 7.97. The SMILES string of the molecule is Cc1cc2ccccc2c(C#N)c1N. The maximum absolute atomic E-state index is 9.01. The van der Waals surface area contributed by atoms with E-state index in [1.807, 2.05) is 37.3 Å². The molecule has 0 radical (unpaired) electrons. The molecule has 2 rings (SSSR count). The van der Waals surface area contributed by atoms with Crippen LogP contribution in [0, 0.1) is 18.3 Å². The zero-order chi connectivity index (χ0) is 10.1. The summed E-state index contributed by atoms with van der Waals surface area (Å²) >= 11 is 0. The van der Waals surface area contributed by atoms with E-state index in [0.717, 1.165) is 16.3 Å². The molecule has 2 aromatic rings. The molecule has 0 bridgehead atoms. The average molecular weight is 182 g/mol. The maximum atomic E-state index is 9.01. The van der Waals surface area contributed by atoms with Gasteiger partial charge < -0.3 is 5.73 Å². The summed E-state index contributed by atoms with van der Waals surface area (Å²) < 4.78 is 0. The molecule has 68 valence electrons. The number of aryl methyl sites for hydroxylation is 1. The number of fused-ring (bicyclic) bond motifs is 1. The van der Waals surface area contributed by atoms with Crippen LogP contribution in [0.4, 0.5) is 5.69 Å². The van der Waals surface area contributed by atoms with Gasteiger partial charge in [0.2, 0.25) is 0 Å². The van der Waals surface area contributed by atoms with Gasteiger partial charge >= 0.3 is 0 Å². The Balaban J connectivity index is 2.98. The van der Waals surface area contributed by atoms with Gasteiger partial charge in [0.1, 0.15) is 6.07 Å². The van der Waals surface area contributed by atoms with Gasteiger partial charge in [0, 0.05) is 5.39 Å². The van der Waals surface area contributed by atoms with Gasteiger partial charge in [-0.2, -0.15) is 5.26 Å². The zero-order valence-electron chi connectivity index (χ0n) is 7.91. The average Bonchev–Trinajstić information content (AvgIpc) is 2.20. The van der Waals surface area contributed by atoms with Crippen LogP contribution in [0.5, 0.6) is 0 Å². The number of hydrogen-bond donors (Lipinski definition) is 1. The van der Waals surface area contributed by atoms with Crippen molar-refractivity contribution in [3.05, 3.63) is 41.5 Å². The molecule has 14 heavy (non-hydrogen) atoms. The molecule has 0 aromatic heterocycles. The number of anilines is 1. The van der Waals surface area contributed by atoms with Crippen molar-refractivity contribution in [2.45, 2.75) is 6.92 Å². The third-order valence-corrected chi connectivity index (χ3v) is 2.41. The first-order valence-electron chi connectivity index (χ1n) is 4.42. The van der Waals surface area contributed by atoms with Crippen LogP contribution in [0.2, 0.25) is 0 Å². The number of rotatable bonds is 0. The molecule has 0 aliphatic rings. The molecule has 0 fully saturated rings. The third-order valence-electron chi connectivity index (χ3n) is 2.41. The highest BCUT2D eigenvalue weighted by molar-refractivity contribution is 5.93. The fourth-order valence-electron chi connectivity index (χ4n) is 1.62. The second-order valence-corrected chi connectivity index (χ2v) is 3.32. The molecular formula is C12H10N2. The number of benzene rings is 2. The highest BCUT2D eigenvalue weighted by Crippen LogP contribution is 2.26. The number of nitrogens with zero attached hydrogens (tertiary/aromatic N) is 1. The minimum Gasteiger partial charge on any atom is -0.397 e. The first-order valence-corrected chi connectivity index (χ1v) is 4.42. The predicted octanol–water partition coefficient (Wildman–Crippen LogP) is 2.60. The van der Waals surface area contributed by atoms with Gasteiger partial charge in [0.15, 0.2) is 0 Å². The molecule has 0 heterocycles. The number of nitrogen functional groups attached to an aromatic ring is 1. The predicted molar refractivity (Wildman–Crippen MR) is 57.8 cm³/mol. The normalized spacial score (nSPS) is 10.0. The van der Waals surface area contributed by atoms with Crippen molar-refractivity contribution in [3.8, 4) is 6.07 Å². The second kappa shape index (κ2) is 3.04. The van der Waals surface area contributed by atoms with Gasteiger partial charge in [0.25, 0.3) is 0 Å². The van der Waals surface area contributed by atoms with Crippen molar-refractivity contribution >= 4 is 16.5 Å². The Labute approximate surface area is 82.6 Å². The molecule has 0 spiro atoms. The number of nitrogens with two attached hydrogens (primary N) is 1. The molecule has 0 saturated heterocycles. The molecule has 0 aliphatic heterocycles. The molecule has 2 N–H and O–H groups in total. The summed E-state index contributed by atoms with van der Waals surface area (Å²) in [6.07, 6.45) is 0. The Kier molecular flexibility index (Phi) is 1.86. The number of hydrogen-bond acceptors (Lipinski definition) is 2. The van der Waals surface area contributed by atoms with E-state index in [-0.39, 0.29) is 0 Å². The van der Waals surface area contributed by atoms with Crippen LogP contribution in [-0.4, -0.2) is 0 Å². The monoisotopic (exact) mass is 182 g/mol. The van der Waals surface area contributed by atoms with Crippen LogP contribution >= 0.6 is 0 Å². The summed E-state index contributed by atoms with van der Waals surface area (Å²) in [7, 11) is 0. The van der Waals surface area contributed by atoms with E-state index in [0.29, 0.717) is 11.3 Å². The largest absolute Gasteiger partial charge is 0.397 e.